The Balaban J connectivity index is 3.01. The highest BCUT2D eigenvalue weighted by atomic mass is 35.5. The summed E-state index contributed by atoms with van der Waals surface area (Å²) in [5.74, 6) is 0. The van der Waals surface area contributed by atoms with Gasteiger partial charge in [0, 0.05) is 11.9 Å². The largest absolute Gasteiger partial charge is 0.508 e. The molecule has 0 spiro atoms. The lowest BCUT2D eigenvalue weighted by molar-refractivity contribution is -0.137. The molecule has 1 N–H and O–H groups in total. The Labute approximate surface area is 83.6 Å². The molecule has 0 heterocycles. The maximum atomic E-state index is 12.2. The van der Waals surface area contributed by atoms with Gasteiger partial charge in [0.25, 0.3) is 0 Å². The quantitative estimate of drug-likeness (QED) is 0.773. The lowest BCUT2D eigenvalue weighted by Crippen LogP contribution is -2.31. The average Bonchev–Trinajstić information content (AvgIpc) is 2.15. The van der Waals surface area contributed by atoms with E-state index in [1.165, 1.54) is 6.07 Å². The van der Waals surface area contributed by atoms with Crippen molar-refractivity contribution in [3.8, 4) is 0 Å². The van der Waals surface area contributed by atoms with Crippen molar-refractivity contribution in [1.82, 2.24) is 0 Å². The van der Waals surface area contributed by atoms with Gasteiger partial charge in [-0.25, -0.2) is 0 Å². The maximum absolute atomic E-state index is 12.2. The van der Waals surface area contributed by atoms with E-state index in [1.54, 1.807) is 0 Å². The molecular weight excluding hydrogens is 219 g/mol. The van der Waals surface area contributed by atoms with Gasteiger partial charge in [-0.05, 0) is 5.46 Å². The summed E-state index contributed by atoms with van der Waals surface area (Å²) >= 11 is 4.82. The minimum atomic E-state index is -4.44. The van der Waals surface area contributed by atoms with E-state index >= 15 is 0 Å². The van der Waals surface area contributed by atoms with Crippen LogP contribution in [-0.4, -0.2) is 12.1 Å². The third-order valence-corrected chi connectivity index (χ3v) is 1.75. The second-order valence-electron chi connectivity index (χ2n) is 2.56. The first-order valence-electron chi connectivity index (χ1n) is 3.58. The molecule has 7 heteroatoms. The second kappa shape index (κ2) is 4.21. The zero-order chi connectivity index (χ0) is 10.8. The molecule has 2 nitrogen and oxygen atoms in total. The molecule has 0 aromatic heterocycles. The van der Waals surface area contributed by atoms with Gasteiger partial charge in [0.15, 0.2) is 0 Å². The molecule has 0 fully saturated rings. The van der Waals surface area contributed by atoms with E-state index in [-0.39, 0.29) is 5.46 Å². The van der Waals surface area contributed by atoms with Crippen molar-refractivity contribution in [1.29, 1.82) is 0 Å². The molecule has 76 valence electrons. The lowest BCUT2D eigenvalue weighted by Gasteiger charge is -2.08. The minimum absolute atomic E-state index is 0.0465. The van der Waals surface area contributed by atoms with Crippen LogP contribution in [0, 0.1) is 0 Å². The summed E-state index contributed by atoms with van der Waals surface area (Å²) in [4.78, 5) is 0. The lowest BCUT2D eigenvalue weighted by atomic mass is 9.79. The third kappa shape index (κ3) is 2.63. The molecule has 0 saturated carbocycles. The van der Waals surface area contributed by atoms with Crippen molar-refractivity contribution in [3.63, 3.8) is 0 Å². The molecule has 0 radical (unpaired) electrons. The Morgan fingerprint density at radius 3 is 2.50 bits per heavy atom. The number of hydrogen-bond donors (Lipinski definition) is 1. The fourth-order valence-electron chi connectivity index (χ4n) is 0.920. The van der Waals surface area contributed by atoms with E-state index in [0.29, 0.717) is 0 Å². The Morgan fingerprint density at radius 1 is 1.36 bits per heavy atom. The first kappa shape index (κ1) is 11.4. The molecule has 1 aromatic carbocycles. The molecule has 0 bridgehead atoms. The molecule has 0 aliphatic heterocycles. The summed E-state index contributed by atoms with van der Waals surface area (Å²) < 4.78 is 40.5. The van der Waals surface area contributed by atoms with Crippen LogP contribution in [0.25, 0.3) is 0 Å². The molecule has 0 aliphatic rings. The highest BCUT2D eigenvalue weighted by Crippen LogP contribution is 2.28. The Kier molecular flexibility index (Phi) is 3.41. The van der Waals surface area contributed by atoms with Gasteiger partial charge in [-0.15, -0.1) is 0 Å². The Bertz CT molecular complexity index is 318. The summed E-state index contributed by atoms with van der Waals surface area (Å²) in [7, 11) is -1.56. The normalized spacial score (nSPS) is 11.5. The highest BCUT2D eigenvalue weighted by Gasteiger charge is 2.31. The van der Waals surface area contributed by atoms with Crippen LogP contribution in [0.4, 0.5) is 13.2 Å². The monoisotopic (exact) mass is 224 g/mol. The van der Waals surface area contributed by atoms with Crippen molar-refractivity contribution in [2.24, 2.45) is 0 Å². The van der Waals surface area contributed by atoms with Crippen LogP contribution in [0.5, 0.6) is 0 Å². The van der Waals surface area contributed by atoms with E-state index < -0.39 is 18.9 Å². The number of alkyl halides is 3. The zero-order valence-corrected chi connectivity index (χ0v) is 7.51. The van der Waals surface area contributed by atoms with Gasteiger partial charge >= 0.3 is 13.3 Å². The van der Waals surface area contributed by atoms with Crippen LogP contribution in [0.1, 0.15) is 5.56 Å². The number of rotatable bonds is 2. The number of halogens is 4. The van der Waals surface area contributed by atoms with E-state index in [1.807, 2.05) is 0 Å². The summed E-state index contributed by atoms with van der Waals surface area (Å²) in [5.41, 5.74) is -0.905. The van der Waals surface area contributed by atoms with E-state index in [4.69, 9.17) is 16.9 Å². The minimum Gasteiger partial charge on any atom is -0.422 e. The van der Waals surface area contributed by atoms with Crippen molar-refractivity contribution < 1.29 is 22.4 Å². The molecule has 0 atom stereocenters. The predicted molar refractivity (Wildman–Crippen MR) is 46.0 cm³/mol. The van der Waals surface area contributed by atoms with Crippen LogP contribution >= 0.6 is 11.9 Å². The van der Waals surface area contributed by atoms with Crippen molar-refractivity contribution >= 4 is 24.4 Å². The summed E-state index contributed by atoms with van der Waals surface area (Å²) in [6, 6.07) is 4.11. The molecule has 14 heavy (non-hydrogen) atoms. The summed E-state index contributed by atoms with van der Waals surface area (Å²) in [6.45, 7) is 0. The smallest absolute Gasteiger partial charge is 0.422 e. The Morgan fingerprint density at radius 2 is 2.00 bits per heavy atom. The fourth-order valence-corrected chi connectivity index (χ4v) is 1.02. The topological polar surface area (TPSA) is 29.5 Å². The van der Waals surface area contributed by atoms with Crippen LogP contribution in [0.2, 0.25) is 0 Å². The van der Waals surface area contributed by atoms with Gasteiger partial charge in [-0.3, -0.25) is 0 Å². The molecule has 1 aromatic rings. The van der Waals surface area contributed by atoms with Crippen LogP contribution in [0.3, 0.4) is 0 Å². The zero-order valence-electron chi connectivity index (χ0n) is 6.75. The van der Waals surface area contributed by atoms with Crippen molar-refractivity contribution in [2.45, 2.75) is 6.18 Å². The standard InChI is InChI=1S/C7H5BClF3O2/c9-14-8(13)6-3-1-2-5(4-6)7(10,11)12/h1-4,13H. The maximum Gasteiger partial charge on any atom is 0.508 e. The molecule has 0 unspecified atom stereocenters. The van der Waals surface area contributed by atoms with Gasteiger partial charge < -0.3 is 9.23 Å². The van der Waals surface area contributed by atoms with Crippen molar-refractivity contribution in [2.75, 3.05) is 0 Å². The average molecular weight is 224 g/mol. The molecule has 0 aliphatic carbocycles. The van der Waals surface area contributed by atoms with Gasteiger partial charge in [0.1, 0.15) is 0 Å². The van der Waals surface area contributed by atoms with Crippen molar-refractivity contribution in [3.05, 3.63) is 29.8 Å². The molecule has 0 amide bonds. The summed E-state index contributed by atoms with van der Waals surface area (Å²) in [5, 5.41) is 9.00. The molecular formula is C7H5BClF3O2. The van der Waals surface area contributed by atoms with E-state index in [0.717, 1.165) is 18.2 Å². The first-order valence-corrected chi connectivity index (χ1v) is 3.88. The van der Waals surface area contributed by atoms with Gasteiger partial charge in [-0.2, -0.15) is 13.2 Å². The molecule has 0 saturated heterocycles. The first-order chi connectivity index (χ1) is 6.45. The number of benzene rings is 1. The number of hydrogen-bond acceptors (Lipinski definition) is 2. The second-order valence-corrected chi connectivity index (χ2v) is 2.74. The Hall–Kier alpha value is -0.715. The van der Waals surface area contributed by atoms with Crippen LogP contribution in [-0.2, 0) is 10.4 Å². The van der Waals surface area contributed by atoms with Gasteiger partial charge in [0.2, 0.25) is 0 Å². The fraction of sp³-hybridized carbons (Fsp3) is 0.143. The van der Waals surface area contributed by atoms with Crippen LogP contribution in [0.15, 0.2) is 24.3 Å². The van der Waals surface area contributed by atoms with Crippen LogP contribution < -0.4 is 5.46 Å². The highest BCUT2D eigenvalue weighted by molar-refractivity contribution is 6.63. The third-order valence-electron chi connectivity index (χ3n) is 1.58. The van der Waals surface area contributed by atoms with E-state index in [2.05, 4.69) is 4.21 Å². The molecule has 1 rings (SSSR count). The predicted octanol–water partition coefficient (Wildman–Crippen LogP) is 1.56. The SMILES string of the molecule is OB(OCl)c1cccc(C(F)(F)F)c1. The van der Waals surface area contributed by atoms with Gasteiger partial charge in [0.05, 0.1) is 5.56 Å². The summed E-state index contributed by atoms with van der Waals surface area (Å²) in [6.07, 6.45) is -4.44. The van der Waals surface area contributed by atoms with E-state index in [9.17, 15) is 13.2 Å². The van der Waals surface area contributed by atoms with Gasteiger partial charge in [-0.1, -0.05) is 24.3 Å².